The van der Waals surface area contributed by atoms with Crippen molar-refractivity contribution in [3.63, 3.8) is 0 Å². The first kappa shape index (κ1) is 61.2. The molecule has 3 N–H and O–H groups in total. The van der Waals surface area contributed by atoms with E-state index in [0.717, 1.165) is 18.5 Å². The van der Waals surface area contributed by atoms with Crippen molar-refractivity contribution in [2.24, 2.45) is 39.4 Å². The standard InChI is InChI=1S/C16H22O7.C12H17NO4S.C12H20O4.C7H14O2/c1-4-16(2,3)15(20)22-8-7-21-14(19)12-10-6-5-9(23-10)11(12)13(17)18;1-4-12(2,3)11(14)15-9-7-5-6-8-10(9)18-17-16-13;1-6-12(4,5)11(14)16-8-7-15-10(13)9(2)3;1-5-7(2,3)6(8)9-4/h5-6,9-12H,4,7-8H2,1-3H3,(H,17,18);5-8H,4,13H2,1-3H3;2,6-8H2,1,3-5H3;5H2,1-4H3. The van der Waals surface area contributed by atoms with E-state index in [4.69, 9.17) is 34.3 Å². The van der Waals surface area contributed by atoms with Crippen LogP contribution in [0, 0.1) is 33.5 Å². The molecule has 1 saturated heterocycles. The van der Waals surface area contributed by atoms with E-state index in [-0.39, 0.29) is 55.7 Å². The second-order valence-electron chi connectivity index (χ2n) is 17.7. The monoisotopic (exact) mass is 955 g/mol. The molecule has 4 atom stereocenters. The maximum atomic E-state index is 12.1. The molecule has 0 radical (unpaired) electrons. The Hall–Kier alpha value is -4.82. The molecule has 18 nitrogen and oxygen atoms in total. The van der Waals surface area contributed by atoms with E-state index in [2.05, 4.69) is 20.6 Å². The Morgan fingerprint density at radius 2 is 1.09 bits per heavy atom. The molecule has 0 saturated carbocycles. The lowest BCUT2D eigenvalue weighted by Gasteiger charge is -2.21. The van der Waals surface area contributed by atoms with Crippen molar-refractivity contribution >= 4 is 53.8 Å². The van der Waals surface area contributed by atoms with E-state index in [9.17, 15) is 38.7 Å². The van der Waals surface area contributed by atoms with Gasteiger partial charge in [-0.15, -0.1) is 9.32 Å². The fourth-order valence-corrected chi connectivity index (χ4v) is 5.23. The summed E-state index contributed by atoms with van der Waals surface area (Å²) in [5, 5.41) is 9.22. The lowest BCUT2D eigenvalue weighted by atomic mass is 9.83. The van der Waals surface area contributed by atoms with Crippen LogP contribution in [0.3, 0.4) is 0 Å². The molecular weight excluding hydrogens is 883 g/mol. The van der Waals surface area contributed by atoms with Crippen molar-refractivity contribution in [3.05, 3.63) is 48.6 Å². The Morgan fingerprint density at radius 1 is 0.667 bits per heavy atom. The molecule has 19 heteroatoms. The molecule has 0 aliphatic carbocycles. The van der Waals surface area contributed by atoms with Gasteiger partial charge in [0.1, 0.15) is 44.0 Å². The number of methoxy groups -OCH3 is 1. The molecule has 0 aromatic heterocycles. The van der Waals surface area contributed by atoms with Gasteiger partial charge in [-0.25, -0.2) is 4.79 Å². The molecule has 2 aliphatic heterocycles. The summed E-state index contributed by atoms with van der Waals surface area (Å²) < 4.78 is 39.8. The van der Waals surface area contributed by atoms with Crippen LogP contribution < -0.4 is 10.6 Å². The van der Waals surface area contributed by atoms with Gasteiger partial charge < -0.3 is 38.3 Å². The van der Waals surface area contributed by atoms with Crippen molar-refractivity contribution in [1.82, 2.24) is 0 Å². The minimum atomic E-state index is -1.08. The molecular formula is C47H73NO17S. The lowest BCUT2D eigenvalue weighted by molar-refractivity contribution is -0.195. The zero-order chi connectivity index (χ0) is 51.1. The maximum Gasteiger partial charge on any atom is 0.333 e. The number of nitrogens with two attached hydrogens (primary N) is 1. The highest BCUT2D eigenvalue weighted by atomic mass is 32.2. The molecule has 1 aromatic carbocycles. The van der Waals surface area contributed by atoms with Gasteiger partial charge in [0.25, 0.3) is 0 Å². The Labute approximate surface area is 394 Å². The maximum absolute atomic E-state index is 12.1. The molecule has 2 heterocycles. The van der Waals surface area contributed by atoms with Crippen LogP contribution in [0.5, 0.6) is 5.75 Å². The molecule has 66 heavy (non-hydrogen) atoms. The summed E-state index contributed by atoms with van der Waals surface area (Å²) in [6, 6.07) is 7.00. The molecule has 1 fully saturated rings. The smallest absolute Gasteiger partial charge is 0.333 e. The van der Waals surface area contributed by atoms with Gasteiger partial charge in [0.15, 0.2) is 0 Å². The van der Waals surface area contributed by atoms with Crippen LogP contribution in [-0.4, -0.2) is 92.6 Å². The highest BCUT2D eigenvalue weighted by molar-refractivity contribution is 7.94. The molecule has 1 aromatic rings. The minimum absolute atomic E-state index is 0.0523. The first-order chi connectivity index (χ1) is 30.6. The third-order valence-corrected chi connectivity index (χ3v) is 11.7. The van der Waals surface area contributed by atoms with Gasteiger partial charge in [0.05, 0.1) is 57.9 Å². The van der Waals surface area contributed by atoms with Crippen LogP contribution in [0.4, 0.5) is 0 Å². The van der Waals surface area contributed by atoms with E-state index in [1.165, 1.54) is 7.11 Å². The fourth-order valence-electron chi connectivity index (χ4n) is 4.79. The molecule has 3 rings (SSSR count). The second-order valence-corrected chi connectivity index (χ2v) is 18.5. The predicted molar refractivity (Wildman–Crippen MR) is 244 cm³/mol. The predicted octanol–water partition coefficient (Wildman–Crippen LogP) is 7.70. The summed E-state index contributed by atoms with van der Waals surface area (Å²) in [5.74, 6) is 0.161. The number of rotatable bonds is 21. The number of ether oxygens (including phenoxy) is 7. The number of aliphatic carboxylic acids is 1. The zero-order valence-corrected chi connectivity index (χ0v) is 41.9. The summed E-state index contributed by atoms with van der Waals surface area (Å²) in [4.78, 5) is 85.1. The summed E-state index contributed by atoms with van der Waals surface area (Å²) in [5.41, 5.74) is -1.57. The topological polar surface area (TPSA) is 249 Å². The number of carboxylic acid groups (broad SMARTS) is 1. The highest BCUT2D eigenvalue weighted by Gasteiger charge is 2.54. The summed E-state index contributed by atoms with van der Waals surface area (Å²) in [6.45, 7) is 27.3. The number of carbonyl (C=O) groups is 7. The van der Waals surface area contributed by atoms with E-state index in [1.807, 2.05) is 69.2 Å². The molecule has 374 valence electrons. The number of carboxylic acids is 1. The molecule has 0 spiro atoms. The largest absolute Gasteiger partial charge is 0.481 e. The number of fused-ring (bicyclic) bond motifs is 2. The van der Waals surface area contributed by atoms with Gasteiger partial charge in [-0.05, 0) is 100 Å². The van der Waals surface area contributed by atoms with E-state index >= 15 is 0 Å². The number of carbonyl (C=O) groups excluding carboxylic acids is 6. The first-order valence-corrected chi connectivity index (χ1v) is 22.4. The zero-order valence-electron chi connectivity index (χ0n) is 41.1. The normalized spacial score (nSPS) is 17.2. The van der Waals surface area contributed by atoms with Crippen LogP contribution in [0.25, 0.3) is 0 Å². The van der Waals surface area contributed by atoms with Crippen molar-refractivity contribution < 1.29 is 81.1 Å². The summed E-state index contributed by atoms with van der Waals surface area (Å²) in [7, 11) is 1.42. The third kappa shape index (κ3) is 20.4. The Bertz CT molecular complexity index is 1800. The summed E-state index contributed by atoms with van der Waals surface area (Å²) >= 11 is 0.883. The van der Waals surface area contributed by atoms with Crippen LogP contribution in [0.1, 0.15) is 116 Å². The van der Waals surface area contributed by atoms with Crippen LogP contribution >= 0.6 is 12.0 Å². The number of esters is 6. The average Bonchev–Trinajstić information content (AvgIpc) is 3.92. The summed E-state index contributed by atoms with van der Waals surface area (Å²) in [6.07, 6.45) is 5.05. The SMILES string of the molecule is C=C(C)C(=O)OCCOC(=O)C(C)(C)CC.CCC(C)(C)C(=O)OC.CCC(C)(C)C(=O)OCCOC(=O)C1C2C=CC(O2)C1C(=O)O.CCC(C)(C)C(=O)Oc1ccccc1SOON. The third-order valence-electron chi connectivity index (χ3n) is 11.1. The lowest BCUT2D eigenvalue weighted by Crippen LogP contribution is -2.37. The van der Waals surface area contributed by atoms with Crippen molar-refractivity contribution in [3.8, 4) is 5.75 Å². The van der Waals surface area contributed by atoms with E-state index in [0.29, 0.717) is 35.5 Å². The van der Waals surface area contributed by atoms with Crippen molar-refractivity contribution in [2.45, 2.75) is 133 Å². The number of para-hydroxylation sites is 1. The van der Waals surface area contributed by atoms with Crippen LogP contribution in [-0.2, 0) is 71.3 Å². The van der Waals surface area contributed by atoms with Crippen LogP contribution in [0.15, 0.2) is 53.5 Å². The Kier molecular flexibility index (Phi) is 26.9. The van der Waals surface area contributed by atoms with E-state index < -0.39 is 58.2 Å². The number of benzene rings is 1. The minimum Gasteiger partial charge on any atom is -0.481 e. The fraction of sp³-hybridized carbons (Fsp3) is 0.638. The van der Waals surface area contributed by atoms with Crippen molar-refractivity contribution in [2.75, 3.05) is 33.5 Å². The highest BCUT2D eigenvalue weighted by Crippen LogP contribution is 2.40. The first-order valence-electron chi connectivity index (χ1n) is 21.6. The van der Waals surface area contributed by atoms with Crippen molar-refractivity contribution in [1.29, 1.82) is 0 Å². The molecule has 2 aliphatic rings. The Morgan fingerprint density at radius 3 is 1.52 bits per heavy atom. The van der Waals surface area contributed by atoms with Gasteiger partial charge in [0, 0.05) is 5.57 Å². The molecule has 0 amide bonds. The number of hydrogen-bond donors (Lipinski definition) is 2. The van der Waals surface area contributed by atoms with Gasteiger partial charge in [-0.2, -0.15) is 5.90 Å². The second kappa shape index (κ2) is 29.0. The van der Waals surface area contributed by atoms with Gasteiger partial charge in [0.2, 0.25) is 0 Å². The van der Waals surface area contributed by atoms with Gasteiger partial charge in [-0.1, -0.05) is 58.6 Å². The number of hydrogen-bond acceptors (Lipinski definition) is 18. The quantitative estimate of drug-likeness (QED) is 0.0138. The Balaban J connectivity index is 0.000000893. The van der Waals surface area contributed by atoms with Gasteiger partial charge in [-0.3, -0.25) is 28.8 Å². The average molecular weight is 956 g/mol. The molecule has 2 bridgehead atoms. The van der Waals surface area contributed by atoms with Crippen LogP contribution in [0.2, 0.25) is 0 Å². The van der Waals surface area contributed by atoms with Gasteiger partial charge >= 0.3 is 41.8 Å². The molecule has 4 unspecified atom stereocenters. The van der Waals surface area contributed by atoms with E-state index in [1.54, 1.807) is 57.2 Å².